The maximum absolute atomic E-state index is 6.33. The van der Waals surface area contributed by atoms with Crippen molar-refractivity contribution in [3.8, 4) is 0 Å². The monoisotopic (exact) mass is 303 g/mol. The first-order valence-corrected chi connectivity index (χ1v) is 7.49. The Morgan fingerprint density at radius 1 is 1.33 bits per heavy atom. The lowest BCUT2D eigenvalue weighted by Crippen LogP contribution is -2.24. The van der Waals surface area contributed by atoms with Crippen molar-refractivity contribution in [2.45, 2.75) is 26.4 Å². The van der Waals surface area contributed by atoms with Crippen molar-refractivity contribution in [1.29, 1.82) is 0 Å². The van der Waals surface area contributed by atoms with Gasteiger partial charge in [0.1, 0.15) is 0 Å². The van der Waals surface area contributed by atoms with Gasteiger partial charge in [-0.05, 0) is 38.6 Å². The summed E-state index contributed by atoms with van der Waals surface area (Å²) >= 11 is 6.33. The van der Waals surface area contributed by atoms with E-state index in [0.29, 0.717) is 0 Å². The average Bonchev–Trinajstić information content (AvgIpc) is 2.48. The van der Waals surface area contributed by atoms with Gasteiger partial charge in [0.25, 0.3) is 0 Å². The maximum Gasteiger partial charge on any atom is 0.0525 e. The van der Waals surface area contributed by atoms with Gasteiger partial charge in [-0.3, -0.25) is 4.98 Å². The highest BCUT2D eigenvalue weighted by Crippen LogP contribution is 2.31. The SMILES string of the molecule is CNCc1cnc(C)cc1N(C)C(C)c1ccccc1Cl. The zero-order valence-corrected chi connectivity index (χ0v) is 13.8. The molecule has 0 spiro atoms. The highest BCUT2D eigenvalue weighted by Gasteiger charge is 2.17. The van der Waals surface area contributed by atoms with Gasteiger partial charge in [0.2, 0.25) is 0 Å². The van der Waals surface area contributed by atoms with Crippen molar-refractivity contribution in [1.82, 2.24) is 10.3 Å². The molecule has 1 aromatic heterocycles. The molecule has 0 saturated heterocycles. The lowest BCUT2D eigenvalue weighted by molar-refractivity contribution is 0.724. The zero-order valence-electron chi connectivity index (χ0n) is 13.0. The third kappa shape index (κ3) is 3.55. The van der Waals surface area contributed by atoms with Gasteiger partial charge in [-0.25, -0.2) is 0 Å². The minimum Gasteiger partial charge on any atom is -0.367 e. The number of rotatable bonds is 5. The fourth-order valence-electron chi connectivity index (χ4n) is 2.46. The Hall–Kier alpha value is -1.58. The van der Waals surface area contributed by atoms with Crippen LogP contribution in [0.2, 0.25) is 5.02 Å². The Labute approximate surface area is 132 Å². The van der Waals surface area contributed by atoms with Crippen molar-refractivity contribution in [2.24, 2.45) is 0 Å². The molecule has 0 radical (unpaired) electrons. The first-order valence-electron chi connectivity index (χ1n) is 7.12. The van der Waals surface area contributed by atoms with Crippen LogP contribution in [0.5, 0.6) is 0 Å². The molecule has 0 bridgehead atoms. The molecule has 0 aliphatic rings. The molecule has 1 aromatic carbocycles. The number of hydrogen-bond acceptors (Lipinski definition) is 3. The van der Waals surface area contributed by atoms with Crippen molar-refractivity contribution < 1.29 is 0 Å². The Balaban J connectivity index is 2.37. The van der Waals surface area contributed by atoms with Gasteiger partial charge in [-0.1, -0.05) is 29.8 Å². The van der Waals surface area contributed by atoms with E-state index in [2.05, 4.69) is 41.3 Å². The molecule has 2 aromatic rings. The third-order valence-electron chi connectivity index (χ3n) is 3.78. The van der Waals surface area contributed by atoms with E-state index in [1.165, 1.54) is 11.3 Å². The summed E-state index contributed by atoms with van der Waals surface area (Å²) in [6, 6.07) is 10.3. The molecule has 0 amide bonds. The molecular formula is C17H22ClN3. The number of aromatic nitrogens is 1. The van der Waals surface area contributed by atoms with Gasteiger partial charge in [-0.15, -0.1) is 0 Å². The van der Waals surface area contributed by atoms with Crippen LogP contribution in [0, 0.1) is 6.92 Å². The molecule has 4 heteroatoms. The number of anilines is 1. The minimum absolute atomic E-state index is 0.191. The van der Waals surface area contributed by atoms with E-state index in [0.717, 1.165) is 22.8 Å². The Kier molecular flexibility index (Phi) is 5.21. The normalized spacial score (nSPS) is 12.2. The fourth-order valence-corrected chi connectivity index (χ4v) is 2.75. The van der Waals surface area contributed by atoms with Crippen LogP contribution in [0.3, 0.4) is 0 Å². The average molecular weight is 304 g/mol. The molecule has 1 N–H and O–H groups in total. The summed E-state index contributed by atoms with van der Waals surface area (Å²) in [6.45, 7) is 4.98. The quantitative estimate of drug-likeness (QED) is 0.906. The van der Waals surface area contributed by atoms with Gasteiger partial charge in [-0.2, -0.15) is 0 Å². The van der Waals surface area contributed by atoms with E-state index in [1.807, 2.05) is 38.4 Å². The first kappa shape index (κ1) is 15.8. The summed E-state index contributed by atoms with van der Waals surface area (Å²) in [5.74, 6) is 0. The largest absolute Gasteiger partial charge is 0.367 e. The van der Waals surface area contributed by atoms with Gasteiger partial charge in [0, 0.05) is 41.8 Å². The standard InChI is InChI=1S/C17H22ClN3/c1-12-9-17(14(10-19-3)11-20-12)21(4)13(2)15-7-5-6-8-16(15)18/h5-9,11,13,19H,10H2,1-4H3. The van der Waals surface area contributed by atoms with Crippen LogP contribution < -0.4 is 10.2 Å². The van der Waals surface area contributed by atoms with Crippen LogP contribution >= 0.6 is 11.6 Å². The fraction of sp³-hybridized carbons (Fsp3) is 0.353. The van der Waals surface area contributed by atoms with E-state index in [9.17, 15) is 0 Å². The Bertz CT molecular complexity index is 613. The van der Waals surface area contributed by atoms with Gasteiger partial charge >= 0.3 is 0 Å². The van der Waals surface area contributed by atoms with E-state index in [1.54, 1.807) is 0 Å². The molecule has 21 heavy (non-hydrogen) atoms. The summed E-state index contributed by atoms with van der Waals surface area (Å²) in [5, 5.41) is 4.00. The molecule has 3 nitrogen and oxygen atoms in total. The molecule has 0 aliphatic carbocycles. The number of aryl methyl sites for hydroxylation is 1. The van der Waals surface area contributed by atoms with E-state index >= 15 is 0 Å². The van der Waals surface area contributed by atoms with Crippen LogP contribution in [0.1, 0.15) is 29.8 Å². The molecule has 1 heterocycles. The summed E-state index contributed by atoms with van der Waals surface area (Å²) in [4.78, 5) is 6.65. The second-order valence-electron chi connectivity index (χ2n) is 5.29. The van der Waals surface area contributed by atoms with Gasteiger partial charge in [0.15, 0.2) is 0 Å². The molecule has 2 rings (SSSR count). The summed E-state index contributed by atoms with van der Waals surface area (Å²) < 4.78 is 0. The number of halogens is 1. The molecule has 0 fully saturated rings. The molecule has 0 aliphatic heterocycles. The van der Waals surface area contributed by atoms with E-state index < -0.39 is 0 Å². The number of nitrogens with zero attached hydrogens (tertiary/aromatic N) is 2. The van der Waals surface area contributed by atoms with Crippen molar-refractivity contribution in [2.75, 3.05) is 19.0 Å². The number of pyridine rings is 1. The second kappa shape index (κ2) is 6.92. The molecule has 0 saturated carbocycles. The second-order valence-corrected chi connectivity index (χ2v) is 5.70. The number of nitrogens with one attached hydrogen (secondary N) is 1. The molecule has 112 valence electrons. The number of hydrogen-bond donors (Lipinski definition) is 1. The smallest absolute Gasteiger partial charge is 0.0525 e. The summed E-state index contributed by atoms with van der Waals surface area (Å²) in [6.07, 6.45) is 1.94. The van der Waals surface area contributed by atoms with E-state index in [-0.39, 0.29) is 6.04 Å². The molecule has 1 atom stereocenters. The van der Waals surface area contributed by atoms with Gasteiger partial charge in [0.05, 0.1) is 6.04 Å². The summed E-state index contributed by atoms with van der Waals surface area (Å²) in [5.41, 5.74) is 4.52. The zero-order chi connectivity index (χ0) is 15.4. The topological polar surface area (TPSA) is 28.2 Å². The summed E-state index contributed by atoms with van der Waals surface area (Å²) in [7, 11) is 4.04. The van der Waals surface area contributed by atoms with Crippen LogP contribution in [0.15, 0.2) is 36.5 Å². The van der Waals surface area contributed by atoms with Crippen LogP contribution in [0.25, 0.3) is 0 Å². The third-order valence-corrected chi connectivity index (χ3v) is 4.13. The highest BCUT2D eigenvalue weighted by atomic mass is 35.5. The molecule has 1 unspecified atom stereocenters. The highest BCUT2D eigenvalue weighted by molar-refractivity contribution is 6.31. The predicted molar refractivity (Wildman–Crippen MR) is 90.0 cm³/mol. The first-order chi connectivity index (χ1) is 10.0. The van der Waals surface area contributed by atoms with Crippen molar-refractivity contribution >= 4 is 17.3 Å². The van der Waals surface area contributed by atoms with Crippen LogP contribution in [0.4, 0.5) is 5.69 Å². The Morgan fingerprint density at radius 3 is 2.71 bits per heavy atom. The maximum atomic E-state index is 6.33. The lowest BCUT2D eigenvalue weighted by atomic mass is 10.1. The van der Waals surface area contributed by atoms with Gasteiger partial charge < -0.3 is 10.2 Å². The van der Waals surface area contributed by atoms with Crippen molar-refractivity contribution in [3.63, 3.8) is 0 Å². The van der Waals surface area contributed by atoms with E-state index in [4.69, 9.17) is 11.6 Å². The van der Waals surface area contributed by atoms with Crippen LogP contribution in [-0.4, -0.2) is 19.1 Å². The van der Waals surface area contributed by atoms with Crippen LogP contribution in [-0.2, 0) is 6.54 Å². The Morgan fingerprint density at radius 2 is 2.05 bits per heavy atom. The lowest BCUT2D eigenvalue weighted by Gasteiger charge is -2.30. The number of benzene rings is 1. The van der Waals surface area contributed by atoms with Crippen molar-refractivity contribution in [3.05, 3.63) is 58.4 Å². The predicted octanol–water partition coefficient (Wildman–Crippen LogP) is 3.96. The minimum atomic E-state index is 0.191. The molecular weight excluding hydrogens is 282 g/mol.